The minimum atomic E-state index is -0.421. The average Bonchev–Trinajstić information content (AvgIpc) is 2.46. The molecule has 0 spiro atoms. The van der Waals surface area contributed by atoms with E-state index in [0.29, 0.717) is 18.4 Å². The van der Waals surface area contributed by atoms with Crippen LogP contribution in [0, 0.1) is 11.6 Å². The molecule has 1 nitrogen and oxygen atoms in total. The average molecular weight is 310 g/mol. The first kappa shape index (κ1) is 15.9. The molecule has 1 N–H and O–H groups in total. The Hall–Kier alpha value is -1.45. The van der Waals surface area contributed by atoms with Gasteiger partial charge in [0.2, 0.25) is 0 Å². The van der Waals surface area contributed by atoms with E-state index in [2.05, 4.69) is 5.32 Å². The van der Waals surface area contributed by atoms with Crippen LogP contribution in [0.1, 0.15) is 18.1 Å². The monoisotopic (exact) mass is 309 g/mol. The number of hydrogen-bond donors (Lipinski definition) is 1. The molecule has 1 unspecified atom stereocenters. The molecule has 0 aliphatic heterocycles. The van der Waals surface area contributed by atoms with Crippen LogP contribution in [0.25, 0.3) is 0 Å². The Kier molecular flexibility index (Phi) is 5.71. The quantitative estimate of drug-likeness (QED) is 0.835. The predicted octanol–water partition coefficient (Wildman–Crippen LogP) is 4.38. The summed E-state index contributed by atoms with van der Waals surface area (Å²) in [5, 5.41) is 3.45. The van der Waals surface area contributed by atoms with Gasteiger partial charge < -0.3 is 5.32 Å². The first-order chi connectivity index (χ1) is 10.1. The highest BCUT2D eigenvalue weighted by Crippen LogP contribution is 2.22. The van der Waals surface area contributed by atoms with Gasteiger partial charge in [-0.1, -0.05) is 48.9 Å². The Bertz CT molecular complexity index is 601. The first-order valence-corrected chi connectivity index (χ1v) is 7.39. The van der Waals surface area contributed by atoms with E-state index in [1.807, 2.05) is 13.0 Å². The molecule has 4 heteroatoms. The van der Waals surface area contributed by atoms with Crippen molar-refractivity contribution in [3.05, 3.63) is 70.2 Å². The van der Waals surface area contributed by atoms with Gasteiger partial charge in [0.1, 0.15) is 11.6 Å². The van der Waals surface area contributed by atoms with E-state index >= 15 is 0 Å². The molecule has 0 bridgehead atoms. The maximum atomic E-state index is 13.8. The van der Waals surface area contributed by atoms with Crippen molar-refractivity contribution in [2.75, 3.05) is 6.54 Å². The van der Waals surface area contributed by atoms with E-state index in [1.165, 1.54) is 12.1 Å². The number of benzene rings is 2. The second-order valence-electron chi connectivity index (χ2n) is 4.97. The lowest BCUT2D eigenvalue weighted by Gasteiger charge is -2.19. The summed E-state index contributed by atoms with van der Waals surface area (Å²) in [4.78, 5) is 0. The fourth-order valence-corrected chi connectivity index (χ4v) is 2.61. The van der Waals surface area contributed by atoms with Crippen LogP contribution < -0.4 is 5.32 Å². The Morgan fingerprint density at radius 3 is 2.29 bits per heavy atom. The fraction of sp³-hybridized carbons (Fsp3) is 0.294. The zero-order valence-corrected chi connectivity index (χ0v) is 12.6. The molecule has 0 radical (unpaired) electrons. The van der Waals surface area contributed by atoms with E-state index in [4.69, 9.17) is 11.6 Å². The lowest BCUT2D eigenvalue weighted by Crippen LogP contribution is -2.33. The maximum absolute atomic E-state index is 13.8. The molecule has 0 fully saturated rings. The van der Waals surface area contributed by atoms with Gasteiger partial charge in [-0.3, -0.25) is 0 Å². The Morgan fingerprint density at radius 1 is 0.952 bits per heavy atom. The van der Waals surface area contributed by atoms with E-state index < -0.39 is 5.82 Å². The zero-order valence-electron chi connectivity index (χ0n) is 11.9. The Balaban J connectivity index is 2.16. The number of hydrogen-bond acceptors (Lipinski definition) is 1. The van der Waals surface area contributed by atoms with Crippen LogP contribution >= 0.6 is 11.6 Å². The predicted molar refractivity (Wildman–Crippen MR) is 82.7 cm³/mol. The summed E-state index contributed by atoms with van der Waals surface area (Å²) in [5.41, 5.74) is 1.38. The van der Waals surface area contributed by atoms with Crippen LogP contribution in [0.4, 0.5) is 8.78 Å². The molecule has 0 aromatic heterocycles. The van der Waals surface area contributed by atoms with Crippen molar-refractivity contribution in [3.8, 4) is 0 Å². The van der Waals surface area contributed by atoms with Gasteiger partial charge in [-0.2, -0.15) is 0 Å². The smallest absolute Gasteiger partial charge is 0.142 e. The van der Waals surface area contributed by atoms with Gasteiger partial charge in [0.25, 0.3) is 0 Å². The van der Waals surface area contributed by atoms with Gasteiger partial charge in [-0.25, -0.2) is 8.78 Å². The van der Waals surface area contributed by atoms with Gasteiger partial charge in [0.15, 0.2) is 0 Å². The number of nitrogens with one attached hydrogen (secondary N) is 1. The first-order valence-electron chi connectivity index (χ1n) is 7.01. The summed E-state index contributed by atoms with van der Waals surface area (Å²) in [7, 11) is 0. The molecular weight excluding hydrogens is 292 g/mol. The lowest BCUT2D eigenvalue weighted by atomic mass is 9.98. The third-order valence-electron chi connectivity index (χ3n) is 3.41. The van der Waals surface area contributed by atoms with Crippen LogP contribution in [-0.4, -0.2) is 12.6 Å². The molecule has 0 saturated heterocycles. The van der Waals surface area contributed by atoms with Crippen molar-refractivity contribution in [3.63, 3.8) is 0 Å². The van der Waals surface area contributed by atoms with Crippen LogP contribution in [0.3, 0.4) is 0 Å². The lowest BCUT2D eigenvalue weighted by molar-refractivity contribution is 0.504. The summed E-state index contributed by atoms with van der Waals surface area (Å²) in [6, 6.07) is 11.5. The SMILES string of the molecule is CCNC(Cc1ccccc1F)Cc1cccc(F)c1Cl. The van der Waals surface area contributed by atoms with Gasteiger partial charge in [0.05, 0.1) is 5.02 Å². The minimum absolute atomic E-state index is 0.00574. The van der Waals surface area contributed by atoms with Crippen molar-refractivity contribution in [1.29, 1.82) is 0 Å². The number of rotatable bonds is 6. The van der Waals surface area contributed by atoms with Crippen LogP contribution in [0.5, 0.6) is 0 Å². The van der Waals surface area contributed by atoms with Crippen molar-refractivity contribution in [2.24, 2.45) is 0 Å². The van der Waals surface area contributed by atoms with Gasteiger partial charge in [-0.05, 0) is 42.6 Å². The molecule has 2 aromatic rings. The third-order valence-corrected chi connectivity index (χ3v) is 3.84. The maximum Gasteiger partial charge on any atom is 0.142 e. The molecule has 21 heavy (non-hydrogen) atoms. The summed E-state index contributed by atoms with van der Waals surface area (Å²) in [6.07, 6.45) is 1.09. The Morgan fingerprint density at radius 2 is 1.57 bits per heavy atom. The molecule has 0 heterocycles. The van der Waals surface area contributed by atoms with E-state index in [9.17, 15) is 8.78 Å². The highest BCUT2D eigenvalue weighted by molar-refractivity contribution is 6.31. The topological polar surface area (TPSA) is 12.0 Å². The van der Waals surface area contributed by atoms with Crippen molar-refractivity contribution >= 4 is 11.6 Å². The van der Waals surface area contributed by atoms with Crippen LogP contribution in [0.15, 0.2) is 42.5 Å². The van der Waals surface area contributed by atoms with Crippen molar-refractivity contribution in [1.82, 2.24) is 5.32 Å². The summed E-state index contributed by atoms with van der Waals surface area (Å²) >= 11 is 5.99. The highest BCUT2D eigenvalue weighted by Gasteiger charge is 2.15. The summed E-state index contributed by atoms with van der Waals surface area (Å²) in [5.74, 6) is -0.638. The number of likely N-dealkylation sites (N-methyl/N-ethyl adjacent to an activating group) is 1. The highest BCUT2D eigenvalue weighted by atomic mass is 35.5. The largest absolute Gasteiger partial charge is 0.314 e. The molecule has 1 atom stereocenters. The Labute approximate surface area is 128 Å². The minimum Gasteiger partial charge on any atom is -0.314 e. The van der Waals surface area contributed by atoms with E-state index in [-0.39, 0.29) is 16.9 Å². The van der Waals surface area contributed by atoms with Gasteiger partial charge in [0, 0.05) is 6.04 Å². The molecule has 0 aliphatic carbocycles. The molecule has 0 saturated carbocycles. The molecule has 2 rings (SSSR count). The third kappa shape index (κ3) is 4.26. The van der Waals surface area contributed by atoms with E-state index in [0.717, 1.165) is 12.1 Å². The zero-order chi connectivity index (χ0) is 15.2. The fourth-order valence-electron chi connectivity index (χ4n) is 2.41. The molecule has 112 valence electrons. The number of halogens is 3. The molecular formula is C17H18ClF2N. The van der Waals surface area contributed by atoms with Gasteiger partial charge >= 0.3 is 0 Å². The summed E-state index contributed by atoms with van der Waals surface area (Å²) in [6.45, 7) is 2.74. The second-order valence-corrected chi connectivity index (χ2v) is 5.35. The van der Waals surface area contributed by atoms with Crippen LogP contribution in [-0.2, 0) is 12.8 Å². The molecule has 2 aromatic carbocycles. The molecule has 0 amide bonds. The standard InChI is InChI=1S/C17H18ClF2N/c1-2-21-14(10-12-6-3-4-8-15(12)19)11-13-7-5-9-16(20)17(13)18/h3-9,14,21H,2,10-11H2,1H3. The summed E-state index contributed by atoms with van der Waals surface area (Å²) < 4.78 is 27.3. The van der Waals surface area contributed by atoms with Gasteiger partial charge in [-0.15, -0.1) is 0 Å². The van der Waals surface area contributed by atoms with Crippen LogP contribution in [0.2, 0.25) is 5.02 Å². The van der Waals surface area contributed by atoms with Crippen molar-refractivity contribution < 1.29 is 8.78 Å². The second kappa shape index (κ2) is 7.53. The molecule has 0 aliphatic rings. The van der Waals surface area contributed by atoms with E-state index in [1.54, 1.807) is 24.3 Å². The van der Waals surface area contributed by atoms with Crippen molar-refractivity contribution in [2.45, 2.75) is 25.8 Å². The normalized spacial score (nSPS) is 12.4.